The zero-order valence-corrected chi connectivity index (χ0v) is 18.2. The Labute approximate surface area is 172 Å². The van der Waals surface area contributed by atoms with Crippen LogP contribution < -0.4 is 0 Å². The molecule has 0 spiro atoms. The highest BCUT2D eigenvalue weighted by Gasteiger charge is 2.24. The second kappa shape index (κ2) is 19.4. The second-order valence-corrected chi connectivity index (χ2v) is 7.82. The van der Waals surface area contributed by atoms with E-state index in [4.69, 9.17) is 9.84 Å². The van der Waals surface area contributed by atoms with Gasteiger partial charge in [0.25, 0.3) is 0 Å². The molecule has 0 aromatic rings. The first-order valence-electron chi connectivity index (χ1n) is 11.3. The Balaban J connectivity index is 3.75. The molecule has 0 saturated carbocycles. The molecule has 0 aromatic heterocycles. The smallest absolute Gasteiger partial charge is 0.311 e. The van der Waals surface area contributed by atoms with Gasteiger partial charge in [0.2, 0.25) is 0 Å². The first kappa shape index (κ1) is 27.1. The van der Waals surface area contributed by atoms with E-state index in [0.29, 0.717) is 6.42 Å². The highest BCUT2D eigenvalue weighted by molar-refractivity contribution is 5.72. The van der Waals surface area contributed by atoms with E-state index in [-0.39, 0.29) is 13.0 Å². The third kappa shape index (κ3) is 17.2. The number of esters is 1. The van der Waals surface area contributed by atoms with E-state index >= 15 is 0 Å². The van der Waals surface area contributed by atoms with Crippen LogP contribution in [0.15, 0.2) is 12.2 Å². The molecular weight excluding hydrogens is 356 g/mol. The molecule has 3 unspecified atom stereocenters. The SMILES string of the molecule is CCCCCCCCC=CCCCCCCC(CC(O)CO)C(=O)OC(C)O. The Morgan fingerprint density at radius 2 is 1.43 bits per heavy atom. The largest absolute Gasteiger partial charge is 0.436 e. The van der Waals surface area contributed by atoms with Crippen molar-refractivity contribution in [2.75, 3.05) is 6.61 Å². The highest BCUT2D eigenvalue weighted by atomic mass is 16.6. The summed E-state index contributed by atoms with van der Waals surface area (Å²) in [6.07, 6.45) is 17.8. The minimum Gasteiger partial charge on any atom is -0.436 e. The van der Waals surface area contributed by atoms with Crippen LogP contribution in [0.3, 0.4) is 0 Å². The van der Waals surface area contributed by atoms with E-state index in [2.05, 4.69) is 19.1 Å². The molecule has 0 aliphatic carbocycles. The average Bonchev–Trinajstić information content (AvgIpc) is 2.66. The van der Waals surface area contributed by atoms with Gasteiger partial charge in [-0.05, 0) is 45.4 Å². The number of allylic oxidation sites excluding steroid dienone is 2. The topological polar surface area (TPSA) is 87.0 Å². The fraction of sp³-hybridized carbons (Fsp3) is 0.870. The maximum absolute atomic E-state index is 12.0. The van der Waals surface area contributed by atoms with Gasteiger partial charge < -0.3 is 20.1 Å². The summed E-state index contributed by atoms with van der Waals surface area (Å²) < 4.78 is 4.84. The van der Waals surface area contributed by atoms with Crippen LogP contribution in [0, 0.1) is 5.92 Å². The van der Waals surface area contributed by atoms with Crippen molar-refractivity contribution in [3.63, 3.8) is 0 Å². The summed E-state index contributed by atoms with van der Waals surface area (Å²) in [6.45, 7) is 3.26. The third-order valence-corrected chi connectivity index (χ3v) is 4.95. The molecule has 28 heavy (non-hydrogen) atoms. The molecule has 0 heterocycles. The molecule has 0 amide bonds. The fourth-order valence-corrected chi connectivity index (χ4v) is 3.28. The standard InChI is InChI=1S/C23H44O5/c1-3-4-5-6-7-8-9-10-11-12-13-14-15-16-17-21(18-22(26)19-24)23(27)28-20(2)25/h10-11,20-22,24-26H,3-9,12-19H2,1-2H3. The van der Waals surface area contributed by atoms with Crippen LogP contribution in [0.5, 0.6) is 0 Å². The van der Waals surface area contributed by atoms with Gasteiger partial charge in [-0.25, -0.2) is 0 Å². The molecule has 0 aliphatic rings. The number of ether oxygens (including phenoxy) is 1. The second-order valence-electron chi connectivity index (χ2n) is 7.82. The molecule has 166 valence electrons. The molecule has 0 bridgehead atoms. The van der Waals surface area contributed by atoms with Gasteiger partial charge >= 0.3 is 5.97 Å². The molecule has 3 N–H and O–H groups in total. The van der Waals surface area contributed by atoms with Gasteiger partial charge in [-0.2, -0.15) is 0 Å². The van der Waals surface area contributed by atoms with Crippen LogP contribution >= 0.6 is 0 Å². The van der Waals surface area contributed by atoms with Gasteiger partial charge in [0, 0.05) is 0 Å². The van der Waals surface area contributed by atoms with Crippen molar-refractivity contribution in [3.8, 4) is 0 Å². The van der Waals surface area contributed by atoms with Gasteiger partial charge in [0.1, 0.15) is 0 Å². The molecule has 5 nitrogen and oxygen atoms in total. The Morgan fingerprint density at radius 1 is 0.893 bits per heavy atom. The minimum atomic E-state index is -1.15. The Morgan fingerprint density at radius 3 is 1.96 bits per heavy atom. The summed E-state index contributed by atoms with van der Waals surface area (Å²) in [4.78, 5) is 12.0. The van der Waals surface area contributed by atoms with Crippen LogP contribution in [0.25, 0.3) is 0 Å². The van der Waals surface area contributed by atoms with Gasteiger partial charge in [-0.3, -0.25) is 4.79 Å². The molecule has 0 fully saturated rings. The third-order valence-electron chi connectivity index (χ3n) is 4.95. The zero-order chi connectivity index (χ0) is 21.0. The lowest BCUT2D eigenvalue weighted by Crippen LogP contribution is -2.27. The van der Waals surface area contributed by atoms with E-state index in [9.17, 15) is 15.0 Å². The number of carbonyl (C=O) groups is 1. The number of hydrogen-bond donors (Lipinski definition) is 3. The van der Waals surface area contributed by atoms with Crippen molar-refractivity contribution in [2.24, 2.45) is 5.92 Å². The Bertz CT molecular complexity index is 381. The van der Waals surface area contributed by atoms with Crippen molar-refractivity contribution < 1.29 is 24.9 Å². The summed E-state index contributed by atoms with van der Waals surface area (Å²) in [6, 6.07) is 0. The van der Waals surface area contributed by atoms with Gasteiger partial charge in [0.05, 0.1) is 18.6 Å². The number of rotatable bonds is 19. The van der Waals surface area contributed by atoms with Crippen molar-refractivity contribution in [2.45, 2.75) is 116 Å². The predicted molar refractivity (Wildman–Crippen MR) is 114 cm³/mol. The number of aliphatic hydroxyl groups excluding tert-OH is 3. The van der Waals surface area contributed by atoms with Crippen LogP contribution in [0.4, 0.5) is 0 Å². The monoisotopic (exact) mass is 400 g/mol. The number of aliphatic hydroxyl groups is 3. The molecular formula is C23H44O5. The van der Waals surface area contributed by atoms with Gasteiger partial charge in [0.15, 0.2) is 6.29 Å². The van der Waals surface area contributed by atoms with E-state index in [1.54, 1.807) is 0 Å². The van der Waals surface area contributed by atoms with Crippen LogP contribution in [0.2, 0.25) is 0 Å². The molecule has 0 aromatic carbocycles. The predicted octanol–water partition coefficient (Wildman–Crippen LogP) is 4.87. The van der Waals surface area contributed by atoms with Gasteiger partial charge in [-0.1, -0.05) is 70.4 Å². The summed E-state index contributed by atoms with van der Waals surface area (Å²) in [5.74, 6) is -0.978. The normalized spacial score (nSPS) is 14.9. The van der Waals surface area contributed by atoms with E-state index in [0.717, 1.165) is 32.1 Å². The summed E-state index contributed by atoms with van der Waals surface area (Å²) in [5, 5.41) is 27.8. The average molecular weight is 401 g/mol. The number of carbonyl (C=O) groups excluding carboxylic acids is 1. The number of unbranched alkanes of at least 4 members (excludes halogenated alkanes) is 10. The zero-order valence-electron chi connectivity index (χ0n) is 18.2. The highest BCUT2D eigenvalue weighted by Crippen LogP contribution is 2.19. The van der Waals surface area contributed by atoms with Crippen molar-refractivity contribution in [1.82, 2.24) is 0 Å². The van der Waals surface area contributed by atoms with Crippen molar-refractivity contribution >= 4 is 5.97 Å². The molecule has 3 atom stereocenters. The van der Waals surface area contributed by atoms with E-state index < -0.39 is 24.3 Å². The van der Waals surface area contributed by atoms with E-state index in [1.807, 2.05) is 0 Å². The van der Waals surface area contributed by atoms with Gasteiger partial charge in [-0.15, -0.1) is 0 Å². The lowest BCUT2D eigenvalue weighted by atomic mass is 9.94. The number of hydrogen-bond acceptors (Lipinski definition) is 5. The summed E-state index contributed by atoms with van der Waals surface area (Å²) >= 11 is 0. The first-order chi connectivity index (χ1) is 13.5. The summed E-state index contributed by atoms with van der Waals surface area (Å²) in [5.41, 5.74) is 0. The molecule has 0 saturated heterocycles. The molecule has 0 aliphatic heterocycles. The first-order valence-corrected chi connectivity index (χ1v) is 11.3. The maximum atomic E-state index is 12.0. The minimum absolute atomic E-state index is 0.170. The lowest BCUT2D eigenvalue weighted by molar-refractivity contribution is -0.171. The van der Waals surface area contributed by atoms with Crippen molar-refractivity contribution in [3.05, 3.63) is 12.2 Å². The fourth-order valence-electron chi connectivity index (χ4n) is 3.28. The molecule has 0 rings (SSSR count). The lowest BCUT2D eigenvalue weighted by Gasteiger charge is -2.19. The Kier molecular flexibility index (Phi) is 18.8. The summed E-state index contributed by atoms with van der Waals surface area (Å²) in [7, 11) is 0. The molecule has 5 heteroatoms. The molecule has 0 radical (unpaired) electrons. The van der Waals surface area contributed by atoms with Crippen LogP contribution in [-0.2, 0) is 9.53 Å². The Hall–Kier alpha value is -0.910. The maximum Gasteiger partial charge on any atom is 0.311 e. The van der Waals surface area contributed by atoms with Crippen LogP contribution in [0.1, 0.15) is 104 Å². The quantitative estimate of drug-likeness (QED) is 0.125. The van der Waals surface area contributed by atoms with Crippen LogP contribution in [-0.4, -0.2) is 40.3 Å². The van der Waals surface area contributed by atoms with E-state index in [1.165, 1.54) is 51.9 Å². The van der Waals surface area contributed by atoms with Crippen molar-refractivity contribution in [1.29, 1.82) is 0 Å².